The van der Waals surface area contributed by atoms with E-state index in [-0.39, 0.29) is 10.7 Å². The summed E-state index contributed by atoms with van der Waals surface area (Å²) < 4.78 is 24.3. The molecule has 3 nitrogen and oxygen atoms in total. The van der Waals surface area contributed by atoms with Gasteiger partial charge in [0.25, 0.3) is 12.3 Å². The quantitative estimate of drug-likeness (QED) is 0.802. The third kappa shape index (κ3) is 2.12. The predicted octanol–water partition coefficient (Wildman–Crippen LogP) is 1.77. The molecule has 1 amide bonds. The third-order valence-electron chi connectivity index (χ3n) is 1.33. The van der Waals surface area contributed by atoms with Gasteiger partial charge >= 0.3 is 0 Å². The summed E-state index contributed by atoms with van der Waals surface area (Å²) in [5.74, 6) is -0.862. The number of hydrogen-bond donors (Lipinski definition) is 1. The predicted molar refractivity (Wildman–Crippen MR) is 42.7 cm³/mol. The first-order chi connectivity index (χ1) is 6.02. The Morgan fingerprint density at radius 3 is 2.62 bits per heavy atom. The normalized spacial score (nSPS) is 10.5. The van der Waals surface area contributed by atoms with Crippen molar-refractivity contribution < 1.29 is 13.6 Å². The number of rotatable bonds is 2. The minimum absolute atomic E-state index is 0.181. The van der Waals surface area contributed by atoms with Crippen LogP contribution in [0.4, 0.5) is 8.78 Å². The monoisotopic (exact) mass is 206 g/mol. The molecule has 13 heavy (non-hydrogen) atoms. The highest BCUT2D eigenvalue weighted by Gasteiger charge is 2.15. The van der Waals surface area contributed by atoms with E-state index in [2.05, 4.69) is 4.98 Å². The van der Waals surface area contributed by atoms with Gasteiger partial charge in [0.2, 0.25) is 0 Å². The van der Waals surface area contributed by atoms with Crippen LogP contribution in [-0.2, 0) is 0 Å². The van der Waals surface area contributed by atoms with Crippen LogP contribution in [-0.4, -0.2) is 10.9 Å². The van der Waals surface area contributed by atoms with E-state index < -0.39 is 18.0 Å². The van der Waals surface area contributed by atoms with Crippen LogP contribution in [0.2, 0.25) is 5.02 Å². The molecule has 70 valence electrons. The van der Waals surface area contributed by atoms with Crippen LogP contribution < -0.4 is 5.73 Å². The van der Waals surface area contributed by atoms with Gasteiger partial charge in [-0.05, 0) is 12.1 Å². The number of nitrogens with two attached hydrogens (primary N) is 1. The summed E-state index contributed by atoms with van der Waals surface area (Å²) in [6.45, 7) is 0. The van der Waals surface area contributed by atoms with E-state index in [0.717, 1.165) is 6.07 Å². The largest absolute Gasteiger partial charge is 0.364 e. The second-order valence-electron chi connectivity index (χ2n) is 2.23. The Kier molecular flexibility index (Phi) is 2.77. The minimum Gasteiger partial charge on any atom is -0.364 e. The lowest BCUT2D eigenvalue weighted by atomic mass is 10.3. The maximum absolute atomic E-state index is 12.2. The first-order valence-electron chi connectivity index (χ1n) is 3.26. The molecule has 6 heteroatoms. The molecule has 0 radical (unpaired) electrons. The van der Waals surface area contributed by atoms with Crippen LogP contribution in [0.15, 0.2) is 12.1 Å². The zero-order valence-corrected chi connectivity index (χ0v) is 7.05. The zero-order valence-electron chi connectivity index (χ0n) is 6.30. The van der Waals surface area contributed by atoms with E-state index in [1.54, 1.807) is 0 Å². The Bertz CT molecular complexity index is 343. The number of carbonyl (C=O) groups is 1. The van der Waals surface area contributed by atoms with Crippen LogP contribution in [0.1, 0.15) is 22.6 Å². The number of aromatic nitrogens is 1. The van der Waals surface area contributed by atoms with E-state index in [1.165, 1.54) is 6.07 Å². The van der Waals surface area contributed by atoms with Crippen LogP contribution in [0, 0.1) is 0 Å². The summed E-state index contributed by atoms with van der Waals surface area (Å²) >= 11 is 5.40. The van der Waals surface area contributed by atoms with Gasteiger partial charge in [-0.2, -0.15) is 0 Å². The van der Waals surface area contributed by atoms with Crippen LogP contribution in [0.3, 0.4) is 0 Å². The van der Waals surface area contributed by atoms with Crippen molar-refractivity contribution in [2.45, 2.75) is 6.43 Å². The van der Waals surface area contributed by atoms with Gasteiger partial charge in [-0.25, -0.2) is 13.8 Å². The topological polar surface area (TPSA) is 56.0 Å². The molecule has 1 heterocycles. The minimum atomic E-state index is -2.81. The summed E-state index contributed by atoms with van der Waals surface area (Å²) in [6, 6.07) is 2.35. The molecular formula is C7H5ClF2N2O. The molecule has 0 aliphatic rings. The van der Waals surface area contributed by atoms with E-state index in [9.17, 15) is 13.6 Å². The fraction of sp³-hybridized carbons (Fsp3) is 0.143. The average molecular weight is 207 g/mol. The van der Waals surface area contributed by atoms with Gasteiger partial charge in [0.15, 0.2) is 0 Å². The number of halogens is 3. The van der Waals surface area contributed by atoms with Crippen molar-refractivity contribution in [3.05, 3.63) is 28.5 Å². The Balaban J connectivity index is 3.19. The maximum atomic E-state index is 12.2. The Labute approximate surface area is 77.5 Å². The zero-order chi connectivity index (χ0) is 10.0. The number of hydrogen-bond acceptors (Lipinski definition) is 2. The second-order valence-corrected chi connectivity index (χ2v) is 2.64. The summed E-state index contributed by atoms with van der Waals surface area (Å²) in [7, 11) is 0. The number of carbonyl (C=O) groups excluding carboxylic acids is 1. The Hall–Kier alpha value is -1.23. The molecule has 0 saturated carbocycles. The summed E-state index contributed by atoms with van der Waals surface area (Å²) in [6.07, 6.45) is -2.81. The van der Waals surface area contributed by atoms with Crippen molar-refractivity contribution in [2.75, 3.05) is 0 Å². The lowest BCUT2D eigenvalue weighted by molar-refractivity contribution is 0.0993. The van der Waals surface area contributed by atoms with Crippen LogP contribution >= 0.6 is 11.6 Å². The number of primary amides is 1. The van der Waals surface area contributed by atoms with Crippen molar-refractivity contribution in [3.8, 4) is 0 Å². The van der Waals surface area contributed by atoms with E-state index in [0.29, 0.717) is 0 Å². The van der Waals surface area contributed by atoms with Gasteiger partial charge in [-0.1, -0.05) is 11.6 Å². The Morgan fingerprint density at radius 1 is 1.54 bits per heavy atom. The van der Waals surface area contributed by atoms with Crippen molar-refractivity contribution in [3.63, 3.8) is 0 Å². The highest BCUT2D eigenvalue weighted by Crippen LogP contribution is 2.24. The van der Waals surface area contributed by atoms with Gasteiger partial charge in [-0.3, -0.25) is 4.79 Å². The molecule has 0 aromatic carbocycles. The fourth-order valence-corrected chi connectivity index (χ4v) is 0.936. The highest BCUT2D eigenvalue weighted by molar-refractivity contribution is 6.31. The molecule has 0 atom stereocenters. The molecule has 0 unspecified atom stereocenters. The molecule has 0 spiro atoms. The molecule has 1 rings (SSSR count). The number of alkyl halides is 2. The van der Waals surface area contributed by atoms with Gasteiger partial charge in [-0.15, -0.1) is 0 Å². The van der Waals surface area contributed by atoms with E-state index >= 15 is 0 Å². The Morgan fingerprint density at radius 2 is 2.15 bits per heavy atom. The van der Waals surface area contributed by atoms with E-state index in [1.807, 2.05) is 0 Å². The number of pyridine rings is 1. The average Bonchev–Trinajstić information content (AvgIpc) is 2.04. The molecule has 0 saturated heterocycles. The first-order valence-corrected chi connectivity index (χ1v) is 3.64. The van der Waals surface area contributed by atoms with Crippen molar-refractivity contribution in [1.29, 1.82) is 0 Å². The van der Waals surface area contributed by atoms with Gasteiger partial charge in [0, 0.05) is 0 Å². The number of amides is 1. The molecule has 0 bridgehead atoms. The van der Waals surface area contributed by atoms with Crippen molar-refractivity contribution in [1.82, 2.24) is 4.98 Å². The molecule has 2 N–H and O–H groups in total. The van der Waals surface area contributed by atoms with Crippen LogP contribution in [0.25, 0.3) is 0 Å². The molecule has 0 aliphatic carbocycles. The molecule has 0 aliphatic heterocycles. The third-order valence-corrected chi connectivity index (χ3v) is 1.65. The molecule has 0 fully saturated rings. The summed E-state index contributed by atoms with van der Waals surface area (Å²) in [4.78, 5) is 13.9. The van der Waals surface area contributed by atoms with Gasteiger partial charge in [0.1, 0.15) is 11.4 Å². The first kappa shape index (κ1) is 9.85. The van der Waals surface area contributed by atoms with Crippen molar-refractivity contribution >= 4 is 17.5 Å². The highest BCUT2D eigenvalue weighted by atomic mass is 35.5. The standard InChI is InChI=1S/C7H5ClF2N2O/c8-3-1-2-4(7(11)13)12-5(3)6(9)10/h1-2,6H,(H2,11,13). The summed E-state index contributed by atoms with van der Waals surface area (Å²) in [5.41, 5.74) is 3.99. The second kappa shape index (κ2) is 3.66. The van der Waals surface area contributed by atoms with Gasteiger partial charge in [0.05, 0.1) is 5.02 Å². The maximum Gasteiger partial charge on any atom is 0.281 e. The summed E-state index contributed by atoms with van der Waals surface area (Å²) in [5, 5.41) is -0.181. The smallest absolute Gasteiger partial charge is 0.281 e. The van der Waals surface area contributed by atoms with Gasteiger partial charge < -0.3 is 5.73 Å². The SMILES string of the molecule is NC(=O)c1ccc(Cl)c(C(F)F)n1. The lowest BCUT2D eigenvalue weighted by Gasteiger charge is -2.02. The molecule has 1 aromatic rings. The van der Waals surface area contributed by atoms with Crippen LogP contribution in [0.5, 0.6) is 0 Å². The van der Waals surface area contributed by atoms with E-state index in [4.69, 9.17) is 17.3 Å². The number of nitrogens with zero attached hydrogens (tertiary/aromatic N) is 1. The molecular weight excluding hydrogens is 202 g/mol. The lowest BCUT2D eigenvalue weighted by Crippen LogP contribution is -2.14. The fourth-order valence-electron chi connectivity index (χ4n) is 0.748. The van der Waals surface area contributed by atoms with Crippen molar-refractivity contribution in [2.24, 2.45) is 5.73 Å². The molecule has 1 aromatic heterocycles.